The molecule has 1 heterocycles. The number of carboxylic acids is 1. The third-order valence-electron chi connectivity index (χ3n) is 3.34. The fourth-order valence-electron chi connectivity index (χ4n) is 2.37. The minimum atomic E-state index is -0.935. The second-order valence-corrected chi connectivity index (χ2v) is 5.04. The fourth-order valence-corrected chi connectivity index (χ4v) is 2.52. The van der Waals surface area contributed by atoms with Gasteiger partial charge in [-0.15, -0.1) is 0 Å². The number of anilines is 1. The number of aromatic nitrogens is 2. The number of nitrogens with one attached hydrogen (secondary N) is 1. The molecule has 5 nitrogen and oxygen atoms in total. The Labute approximate surface area is 111 Å². The summed E-state index contributed by atoms with van der Waals surface area (Å²) in [4.78, 5) is 19.5. The highest BCUT2D eigenvalue weighted by atomic mass is 35.5. The summed E-state index contributed by atoms with van der Waals surface area (Å²) in [5, 5.41) is 12.8. The summed E-state index contributed by atoms with van der Waals surface area (Å²) >= 11 is 5.76. The number of halogens is 1. The lowest BCUT2D eigenvalue weighted by Crippen LogP contribution is -2.46. The van der Waals surface area contributed by atoms with Crippen LogP contribution in [0.1, 0.15) is 38.5 Å². The van der Waals surface area contributed by atoms with E-state index in [1.54, 1.807) is 0 Å². The SMILES string of the molecule is O=C(O)C1(Nc2cncc(Cl)n2)CCCCCC1. The summed E-state index contributed by atoms with van der Waals surface area (Å²) in [7, 11) is 0. The highest BCUT2D eigenvalue weighted by Gasteiger charge is 2.38. The molecule has 0 saturated heterocycles. The summed E-state index contributed by atoms with van der Waals surface area (Å²) < 4.78 is 0. The largest absolute Gasteiger partial charge is 0.480 e. The summed E-state index contributed by atoms with van der Waals surface area (Å²) in [5.74, 6) is -0.405. The van der Waals surface area contributed by atoms with Crippen LogP contribution >= 0.6 is 11.6 Å². The smallest absolute Gasteiger partial charge is 0.329 e. The molecule has 1 fully saturated rings. The number of rotatable bonds is 3. The monoisotopic (exact) mass is 269 g/mol. The molecule has 0 radical (unpaired) electrons. The minimum absolute atomic E-state index is 0.258. The minimum Gasteiger partial charge on any atom is -0.480 e. The Bertz CT molecular complexity index is 431. The third kappa shape index (κ3) is 2.90. The zero-order valence-corrected chi connectivity index (χ0v) is 10.8. The molecule has 0 atom stereocenters. The lowest BCUT2D eigenvalue weighted by molar-refractivity contribution is -0.142. The number of hydrogen-bond acceptors (Lipinski definition) is 4. The summed E-state index contributed by atoms with van der Waals surface area (Å²) in [6.45, 7) is 0. The van der Waals surface area contributed by atoms with Crippen molar-refractivity contribution in [2.24, 2.45) is 0 Å². The fraction of sp³-hybridized carbons (Fsp3) is 0.583. The topological polar surface area (TPSA) is 75.1 Å². The van der Waals surface area contributed by atoms with E-state index in [9.17, 15) is 9.90 Å². The summed E-state index contributed by atoms with van der Waals surface area (Å²) in [6, 6.07) is 0. The van der Waals surface area contributed by atoms with Crippen molar-refractivity contribution < 1.29 is 9.90 Å². The first-order chi connectivity index (χ1) is 8.62. The maximum atomic E-state index is 11.6. The van der Waals surface area contributed by atoms with E-state index in [0.29, 0.717) is 18.7 Å². The van der Waals surface area contributed by atoms with E-state index in [-0.39, 0.29) is 5.15 Å². The van der Waals surface area contributed by atoms with Gasteiger partial charge in [-0.1, -0.05) is 37.3 Å². The molecular formula is C12H16ClN3O2. The molecule has 18 heavy (non-hydrogen) atoms. The number of nitrogens with zero attached hydrogens (tertiary/aromatic N) is 2. The quantitative estimate of drug-likeness (QED) is 0.825. The van der Waals surface area contributed by atoms with Gasteiger partial charge < -0.3 is 10.4 Å². The maximum absolute atomic E-state index is 11.6. The molecule has 1 aromatic heterocycles. The molecule has 1 aliphatic rings. The van der Waals surface area contributed by atoms with Gasteiger partial charge in [0.15, 0.2) is 0 Å². The Morgan fingerprint density at radius 3 is 2.50 bits per heavy atom. The lowest BCUT2D eigenvalue weighted by atomic mass is 9.90. The van der Waals surface area contributed by atoms with E-state index < -0.39 is 11.5 Å². The first kappa shape index (κ1) is 13.1. The Hall–Kier alpha value is -1.36. The van der Waals surface area contributed by atoms with Crippen LogP contribution < -0.4 is 5.32 Å². The first-order valence-corrected chi connectivity index (χ1v) is 6.49. The molecule has 0 spiro atoms. The van der Waals surface area contributed by atoms with Gasteiger partial charge in [-0.2, -0.15) is 0 Å². The Balaban J connectivity index is 2.22. The average molecular weight is 270 g/mol. The molecule has 0 aliphatic heterocycles. The van der Waals surface area contributed by atoms with Gasteiger partial charge in [0.2, 0.25) is 0 Å². The molecule has 6 heteroatoms. The van der Waals surface area contributed by atoms with Crippen molar-refractivity contribution in [1.82, 2.24) is 9.97 Å². The molecule has 98 valence electrons. The maximum Gasteiger partial charge on any atom is 0.329 e. The van der Waals surface area contributed by atoms with Crippen LogP contribution in [0.25, 0.3) is 0 Å². The van der Waals surface area contributed by atoms with Crippen LogP contribution in [0.2, 0.25) is 5.15 Å². The van der Waals surface area contributed by atoms with Crippen LogP contribution in [-0.4, -0.2) is 26.6 Å². The zero-order chi connectivity index (χ0) is 13.0. The average Bonchev–Trinajstić information content (AvgIpc) is 2.55. The molecule has 0 unspecified atom stereocenters. The van der Waals surface area contributed by atoms with Gasteiger partial charge in [0.25, 0.3) is 0 Å². The van der Waals surface area contributed by atoms with E-state index >= 15 is 0 Å². The van der Waals surface area contributed by atoms with E-state index in [1.807, 2.05) is 0 Å². The number of carboxylic acid groups (broad SMARTS) is 1. The van der Waals surface area contributed by atoms with E-state index in [2.05, 4.69) is 15.3 Å². The van der Waals surface area contributed by atoms with Gasteiger partial charge in [-0.05, 0) is 12.8 Å². The Morgan fingerprint density at radius 1 is 1.28 bits per heavy atom. The van der Waals surface area contributed by atoms with Crippen molar-refractivity contribution in [3.63, 3.8) is 0 Å². The van der Waals surface area contributed by atoms with E-state index in [1.165, 1.54) is 12.4 Å². The summed E-state index contributed by atoms with van der Waals surface area (Å²) in [6.07, 6.45) is 8.12. The van der Waals surface area contributed by atoms with Gasteiger partial charge in [-0.3, -0.25) is 4.98 Å². The predicted octanol–water partition coefficient (Wildman–Crippen LogP) is 2.72. The number of carbonyl (C=O) groups is 1. The standard InChI is InChI=1S/C12H16ClN3O2/c13-9-7-14-8-10(15-9)16-12(11(17)18)5-3-1-2-4-6-12/h7-8H,1-6H2,(H,15,16)(H,17,18). The number of aliphatic carboxylic acids is 1. The van der Waals surface area contributed by atoms with Crippen molar-refractivity contribution >= 4 is 23.4 Å². The van der Waals surface area contributed by atoms with Crippen molar-refractivity contribution in [2.75, 3.05) is 5.32 Å². The molecule has 0 aromatic carbocycles. The zero-order valence-electron chi connectivity index (χ0n) is 10.0. The molecule has 0 bridgehead atoms. The van der Waals surface area contributed by atoms with Crippen molar-refractivity contribution in [3.8, 4) is 0 Å². The van der Waals surface area contributed by atoms with Gasteiger partial charge in [0, 0.05) is 0 Å². The van der Waals surface area contributed by atoms with Gasteiger partial charge in [-0.25, -0.2) is 9.78 Å². The van der Waals surface area contributed by atoms with E-state index in [4.69, 9.17) is 11.6 Å². The van der Waals surface area contributed by atoms with Crippen LogP contribution in [0.15, 0.2) is 12.4 Å². The van der Waals surface area contributed by atoms with Crippen molar-refractivity contribution in [1.29, 1.82) is 0 Å². The molecule has 0 amide bonds. The molecule has 1 aromatic rings. The molecule has 1 aliphatic carbocycles. The highest BCUT2D eigenvalue weighted by molar-refractivity contribution is 6.29. The normalized spacial score (nSPS) is 18.9. The second kappa shape index (κ2) is 5.52. The Morgan fingerprint density at radius 2 is 1.94 bits per heavy atom. The van der Waals surface area contributed by atoms with E-state index in [0.717, 1.165) is 25.7 Å². The molecule has 2 rings (SSSR count). The highest BCUT2D eigenvalue weighted by Crippen LogP contribution is 2.30. The number of hydrogen-bond donors (Lipinski definition) is 2. The third-order valence-corrected chi connectivity index (χ3v) is 3.52. The van der Waals surface area contributed by atoms with Gasteiger partial charge in [0.1, 0.15) is 16.5 Å². The predicted molar refractivity (Wildman–Crippen MR) is 68.7 cm³/mol. The molecular weight excluding hydrogens is 254 g/mol. The lowest BCUT2D eigenvalue weighted by Gasteiger charge is -2.29. The van der Waals surface area contributed by atoms with Crippen molar-refractivity contribution in [3.05, 3.63) is 17.5 Å². The second-order valence-electron chi connectivity index (χ2n) is 4.65. The van der Waals surface area contributed by atoms with Crippen LogP contribution in [0, 0.1) is 0 Å². The van der Waals surface area contributed by atoms with Crippen LogP contribution in [-0.2, 0) is 4.79 Å². The summed E-state index contributed by atoms with van der Waals surface area (Å²) in [5.41, 5.74) is -0.935. The van der Waals surface area contributed by atoms with Gasteiger partial charge >= 0.3 is 5.97 Å². The first-order valence-electron chi connectivity index (χ1n) is 6.11. The Kier molecular flexibility index (Phi) is 4.01. The molecule has 1 saturated carbocycles. The van der Waals surface area contributed by atoms with Gasteiger partial charge in [0.05, 0.1) is 12.4 Å². The van der Waals surface area contributed by atoms with Crippen LogP contribution in [0.3, 0.4) is 0 Å². The molecule has 2 N–H and O–H groups in total. The van der Waals surface area contributed by atoms with Crippen molar-refractivity contribution in [2.45, 2.75) is 44.1 Å². The van der Waals surface area contributed by atoms with Crippen LogP contribution in [0.5, 0.6) is 0 Å². The van der Waals surface area contributed by atoms with Crippen LogP contribution in [0.4, 0.5) is 5.82 Å².